The molecule has 2 fully saturated rings. The molecule has 4 heterocycles. The van der Waals surface area contributed by atoms with Gasteiger partial charge < -0.3 is 39.0 Å². The summed E-state index contributed by atoms with van der Waals surface area (Å²) in [4.78, 5) is 31.7. The molecule has 0 unspecified atom stereocenters. The van der Waals surface area contributed by atoms with E-state index in [-0.39, 0.29) is 47.0 Å². The third kappa shape index (κ3) is 13.3. The molecule has 12 rings (SSSR count). The second-order valence-electron chi connectivity index (χ2n) is 27.2. The summed E-state index contributed by atoms with van der Waals surface area (Å²) in [5.74, 6) is 1.28. The Morgan fingerprint density at radius 3 is 1.35 bits per heavy atom. The van der Waals surface area contributed by atoms with Crippen LogP contribution in [0.3, 0.4) is 0 Å². The number of allylic oxidation sites excluding steroid dienone is 2. The SMILES string of the molecule is CO[C@H]1/C=C/CC[C@@H](C(C)(C)O)S(=O)(=O)NC(=O)c2ccc3c(c2)N(C[C@@H]2CC[C@H]21)C[C@@]1(CCCc2cc(Cl)ccc21)CO3.CO[C@H]1/C=C/CC[C@H](C(C)(C)O)S(=O)(=O)NC(=O)c2ccc3c(c2)N(C[C@@H]2CC[C@H]21)C[C@@]1(CCCc2cc(Cl)ccc21)CO3. The fraction of sp³-hybridized carbons (Fsp3) is 0.559. The summed E-state index contributed by atoms with van der Waals surface area (Å²) < 4.78 is 83.5. The topological polar surface area (TPSA) is 210 Å². The number of anilines is 2. The third-order valence-corrected chi connectivity index (χ3v) is 25.0. The molecule has 0 aromatic heterocycles. The maximum Gasteiger partial charge on any atom is 0.264 e. The van der Waals surface area contributed by atoms with E-state index in [1.165, 1.54) is 49.9 Å². The Kier molecular flexibility index (Phi) is 18.6. The van der Waals surface area contributed by atoms with Gasteiger partial charge in [-0.2, -0.15) is 0 Å². The number of hydrogen-bond acceptors (Lipinski definition) is 14. The lowest BCUT2D eigenvalue weighted by Crippen LogP contribution is -2.50. The average Bonchev–Trinajstić information content (AvgIpc) is 1.60. The number of methoxy groups -OCH3 is 2. The number of sulfonamides is 2. The van der Waals surface area contributed by atoms with E-state index in [4.69, 9.17) is 42.1 Å². The first-order valence-electron chi connectivity index (χ1n) is 31.4. The number of carbonyl (C=O) groups excluding carboxylic acids is 2. The molecule has 476 valence electrons. The van der Waals surface area contributed by atoms with Gasteiger partial charge in [-0.1, -0.05) is 59.6 Å². The van der Waals surface area contributed by atoms with Crippen molar-refractivity contribution in [3.05, 3.63) is 141 Å². The number of nitrogens with one attached hydrogen (secondary N) is 2. The molecule has 2 amide bonds. The number of aryl methyl sites for hydroxylation is 2. The molecule has 4 aliphatic heterocycles. The molecule has 8 aliphatic rings. The van der Waals surface area contributed by atoms with Gasteiger partial charge in [0.05, 0.1) is 48.0 Å². The zero-order chi connectivity index (χ0) is 62.6. The number of ether oxygens (including phenoxy) is 4. The van der Waals surface area contributed by atoms with E-state index in [2.05, 4.69) is 43.5 Å². The highest BCUT2D eigenvalue weighted by atomic mass is 35.5. The zero-order valence-electron chi connectivity index (χ0n) is 51.4. The summed E-state index contributed by atoms with van der Waals surface area (Å²) in [7, 11) is -4.96. The van der Waals surface area contributed by atoms with E-state index in [0.717, 1.165) is 98.7 Å². The van der Waals surface area contributed by atoms with Gasteiger partial charge >= 0.3 is 0 Å². The molecule has 16 nitrogen and oxygen atoms in total. The first-order chi connectivity index (χ1) is 41.8. The number of benzene rings is 4. The lowest BCUT2D eigenvalue weighted by molar-refractivity contribution is 0.0131. The Labute approximate surface area is 529 Å². The van der Waals surface area contributed by atoms with Crippen molar-refractivity contribution in [2.75, 3.05) is 63.4 Å². The van der Waals surface area contributed by atoms with Gasteiger partial charge in [-0.3, -0.25) is 9.59 Å². The van der Waals surface area contributed by atoms with Crippen LogP contribution in [-0.4, -0.2) is 126 Å². The number of carbonyl (C=O) groups is 2. The van der Waals surface area contributed by atoms with Crippen molar-refractivity contribution in [1.29, 1.82) is 0 Å². The maximum absolute atomic E-state index is 13.5. The molecule has 20 heteroatoms. The third-order valence-electron chi connectivity index (χ3n) is 20.5. The van der Waals surface area contributed by atoms with E-state index in [0.29, 0.717) is 74.3 Å². The minimum atomic E-state index is -4.21. The summed E-state index contributed by atoms with van der Waals surface area (Å²) >= 11 is 12.8. The second-order valence-corrected chi connectivity index (χ2v) is 31.8. The number of halogens is 2. The molecule has 4 aliphatic carbocycles. The highest BCUT2D eigenvalue weighted by molar-refractivity contribution is 7.91. The van der Waals surface area contributed by atoms with Crippen LogP contribution in [0.25, 0.3) is 0 Å². The Hall–Kier alpha value is -5.18. The number of nitrogens with zero attached hydrogens (tertiary/aromatic N) is 2. The van der Waals surface area contributed by atoms with E-state index in [1.807, 2.05) is 36.4 Å². The monoisotopic (exact) mass is 1280 g/mol. The molecule has 88 heavy (non-hydrogen) atoms. The number of hydrogen-bond donors (Lipinski definition) is 4. The highest BCUT2D eigenvalue weighted by Gasteiger charge is 2.48. The van der Waals surface area contributed by atoms with Crippen LogP contribution in [-0.2, 0) is 53.2 Å². The van der Waals surface area contributed by atoms with Crippen LogP contribution in [0.15, 0.2) is 97.1 Å². The van der Waals surface area contributed by atoms with Crippen molar-refractivity contribution < 1.29 is 55.6 Å². The van der Waals surface area contributed by atoms with E-state index < -0.39 is 53.6 Å². The normalized spacial score (nSPS) is 31.0. The van der Waals surface area contributed by atoms with Crippen LogP contribution in [0.4, 0.5) is 11.4 Å². The van der Waals surface area contributed by atoms with Crippen molar-refractivity contribution in [3.8, 4) is 11.5 Å². The van der Waals surface area contributed by atoms with Crippen molar-refractivity contribution in [2.24, 2.45) is 23.7 Å². The number of aliphatic hydroxyl groups is 2. The summed E-state index contributed by atoms with van der Waals surface area (Å²) in [5, 5.41) is 20.7. The van der Waals surface area contributed by atoms with Crippen LogP contribution in [0.1, 0.15) is 148 Å². The number of amides is 2. The van der Waals surface area contributed by atoms with Gasteiger partial charge in [0.25, 0.3) is 11.8 Å². The lowest BCUT2D eigenvalue weighted by atomic mass is 9.68. The van der Waals surface area contributed by atoms with Crippen molar-refractivity contribution >= 4 is 66.4 Å². The molecular weight excluding hydrogens is 1200 g/mol. The van der Waals surface area contributed by atoms with Crippen LogP contribution in [0.5, 0.6) is 11.5 Å². The average molecular weight is 1290 g/mol. The van der Waals surface area contributed by atoms with Crippen LogP contribution in [0.2, 0.25) is 10.0 Å². The second kappa shape index (κ2) is 25.5. The maximum atomic E-state index is 13.5. The van der Waals surface area contributed by atoms with Gasteiger partial charge in [-0.05, 0) is 224 Å². The van der Waals surface area contributed by atoms with Crippen molar-refractivity contribution in [2.45, 2.75) is 162 Å². The molecular formula is C68H86Cl2N4O12S2. The molecule has 0 radical (unpaired) electrons. The first kappa shape index (κ1) is 64.4. The van der Waals surface area contributed by atoms with Gasteiger partial charge in [-0.25, -0.2) is 26.3 Å². The van der Waals surface area contributed by atoms with Gasteiger partial charge in [0.2, 0.25) is 20.0 Å². The highest BCUT2D eigenvalue weighted by Crippen LogP contribution is 2.50. The molecule has 4 N–H and O–H groups in total. The van der Waals surface area contributed by atoms with Crippen LogP contribution in [0, 0.1) is 23.7 Å². The summed E-state index contributed by atoms with van der Waals surface area (Å²) in [6.45, 7) is 9.79. The summed E-state index contributed by atoms with van der Waals surface area (Å²) in [6.07, 6.45) is 19.1. The molecule has 2 saturated carbocycles. The van der Waals surface area contributed by atoms with E-state index in [9.17, 15) is 36.6 Å². The molecule has 2 spiro atoms. The molecule has 0 saturated heterocycles. The standard InChI is InChI=1S/2C34H43ClN2O6S/c2*1-33(2,39)31-9-5-4-8-29(42-3)26-13-10-24(26)19-37-20-34(16-6-7-22-17-25(35)12-14-27(22)34)21-43-30-15-11-23(18-28(30)37)32(38)36-44(31,40)41/h2*4,8,11-12,14-15,17-18,24,26,29,31,39H,5-7,9-10,13,16,19-21H2,1-3H3,(H,36,38)/b2*8-4+/t24-,26+,29-,31+,34-;24-,26+,29-,31-,34-/m00/s1. The predicted octanol–water partition coefficient (Wildman–Crippen LogP) is 10.8. The first-order valence-corrected chi connectivity index (χ1v) is 35.2. The molecule has 4 bridgehead atoms. The van der Waals surface area contributed by atoms with Crippen LogP contribution >= 0.6 is 23.2 Å². The van der Waals surface area contributed by atoms with Gasteiger partial charge in [-0.15, -0.1) is 0 Å². The number of fused-ring (bicyclic) bond motifs is 8. The fourth-order valence-corrected chi connectivity index (χ4v) is 19.5. The van der Waals surface area contributed by atoms with Gasteiger partial charge in [0.1, 0.15) is 22.0 Å². The smallest absolute Gasteiger partial charge is 0.264 e. The molecule has 4 aromatic carbocycles. The van der Waals surface area contributed by atoms with Gasteiger partial charge in [0, 0.05) is 72.4 Å². The molecule has 10 atom stereocenters. The van der Waals surface area contributed by atoms with E-state index >= 15 is 0 Å². The van der Waals surface area contributed by atoms with E-state index in [1.54, 1.807) is 50.6 Å². The predicted molar refractivity (Wildman–Crippen MR) is 344 cm³/mol. The minimum Gasteiger partial charge on any atom is -0.490 e. The summed E-state index contributed by atoms with van der Waals surface area (Å²) in [6, 6.07) is 22.7. The summed E-state index contributed by atoms with van der Waals surface area (Å²) in [5.41, 5.74) is 3.43. The Morgan fingerprint density at radius 2 is 0.989 bits per heavy atom. The Bertz CT molecular complexity index is 3340. The van der Waals surface area contributed by atoms with Crippen LogP contribution < -0.4 is 28.7 Å². The number of rotatable bonds is 4. The lowest BCUT2D eigenvalue weighted by Gasteiger charge is -2.46. The van der Waals surface area contributed by atoms with Crippen molar-refractivity contribution in [3.63, 3.8) is 0 Å². The largest absolute Gasteiger partial charge is 0.490 e. The quantitative estimate of drug-likeness (QED) is 0.140. The Morgan fingerprint density at radius 1 is 0.580 bits per heavy atom. The van der Waals surface area contributed by atoms with Crippen molar-refractivity contribution in [1.82, 2.24) is 9.44 Å². The van der Waals surface area contributed by atoms with Gasteiger partial charge in [0.15, 0.2) is 0 Å². The minimum absolute atomic E-state index is 0.0981. The Balaban J connectivity index is 0.000000182. The molecule has 4 aromatic rings. The zero-order valence-corrected chi connectivity index (χ0v) is 54.6. The fourth-order valence-electron chi connectivity index (χ4n) is 15.6.